The van der Waals surface area contributed by atoms with E-state index in [-0.39, 0.29) is 0 Å². The first-order valence-electron chi connectivity index (χ1n) is 9.74. The Balaban J connectivity index is 1.41. The molecular weight excluding hydrogens is 411 g/mol. The summed E-state index contributed by atoms with van der Waals surface area (Å²) in [7, 11) is 0. The first-order chi connectivity index (χ1) is 13.5. The van der Waals surface area contributed by atoms with E-state index in [0.29, 0.717) is 15.5 Å². The van der Waals surface area contributed by atoms with Crippen LogP contribution in [-0.4, -0.2) is 27.5 Å². The molecule has 1 spiro atoms. The first kappa shape index (κ1) is 18.6. The number of nitrogens with zero attached hydrogens (tertiary/aromatic N) is 4. The van der Waals surface area contributed by atoms with Gasteiger partial charge in [0.1, 0.15) is 0 Å². The van der Waals surface area contributed by atoms with E-state index in [1.165, 1.54) is 25.7 Å². The van der Waals surface area contributed by atoms with Gasteiger partial charge in [-0.05, 0) is 49.1 Å². The van der Waals surface area contributed by atoms with Crippen LogP contribution in [0.3, 0.4) is 0 Å². The van der Waals surface area contributed by atoms with Gasteiger partial charge in [-0.1, -0.05) is 48.0 Å². The molecule has 0 atom stereocenters. The molecule has 1 aliphatic carbocycles. The second kappa shape index (κ2) is 7.12. The number of anilines is 1. The average Bonchev–Trinajstić information content (AvgIpc) is 3.16. The molecule has 3 heterocycles. The van der Waals surface area contributed by atoms with Crippen molar-refractivity contribution in [2.24, 2.45) is 11.3 Å². The van der Waals surface area contributed by atoms with Crippen molar-refractivity contribution in [1.82, 2.24) is 14.4 Å². The summed E-state index contributed by atoms with van der Waals surface area (Å²) in [4.78, 5) is 13.7. The van der Waals surface area contributed by atoms with Gasteiger partial charge in [0, 0.05) is 36.6 Å². The molecule has 0 amide bonds. The van der Waals surface area contributed by atoms with Crippen molar-refractivity contribution in [3.05, 3.63) is 46.8 Å². The molecule has 2 aliphatic rings. The molecule has 2 aromatic heterocycles. The Bertz CT molecular complexity index is 1020. The summed E-state index contributed by atoms with van der Waals surface area (Å²) in [5.74, 6) is 1.89. The smallest absolute Gasteiger partial charge is 0.211 e. The molecule has 0 N–H and O–H groups in total. The largest absolute Gasteiger partial charge is 0.342 e. The minimum absolute atomic E-state index is 0.558. The van der Waals surface area contributed by atoms with E-state index in [1.54, 1.807) is 17.8 Å². The van der Waals surface area contributed by atoms with Crippen LogP contribution in [0.5, 0.6) is 0 Å². The molecule has 5 rings (SSSR count). The van der Waals surface area contributed by atoms with Gasteiger partial charge in [0.05, 0.1) is 14.9 Å². The zero-order valence-electron chi connectivity index (χ0n) is 15.7. The fourth-order valence-corrected chi connectivity index (χ4v) is 6.28. The van der Waals surface area contributed by atoms with Crippen molar-refractivity contribution in [2.45, 2.75) is 42.4 Å². The van der Waals surface area contributed by atoms with Crippen LogP contribution in [0.1, 0.15) is 32.6 Å². The number of imidazole rings is 1. The van der Waals surface area contributed by atoms with E-state index in [0.717, 1.165) is 40.4 Å². The molecule has 2 fully saturated rings. The van der Waals surface area contributed by atoms with E-state index >= 15 is 0 Å². The molecular formula is C21H22Cl2N4S. The minimum Gasteiger partial charge on any atom is -0.342 e. The topological polar surface area (TPSA) is 33.4 Å². The lowest BCUT2D eigenvalue weighted by molar-refractivity contribution is 0.0378. The van der Waals surface area contributed by atoms with E-state index in [9.17, 15) is 0 Å². The van der Waals surface area contributed by atoms with Gasteiger partial charge in [-0.2, -0.15) is 0 Å². The summed E-state index contributed by atoms with van der Waals surface area (Å²) in [5.41, 5.74) is 1.51. The monoisotopic (exact) mass is 432 g/mol. The SMILES string of the molecule is CC1CC2(CCN(c3ncc(Sc4cccc(Cl)c4Cl)c4nccn34)CC2)C1. The van der Waals surface area contributed by atoms with Crippen LogP contribution in [0.25, 0.3) is 5.65 Å². The van der Waals surface area contributed by atoms with Crippen molar-refractivity contribution < 1.29 is 0 Å². The van der Waals surface area contributed by atoms with Crippen molar-refractivity contribution in [1.29, 1.82) is 0 Å². The predicted octanol–water partition coefficient (Wildman–Crippen LogP) is 6.20. The van der Waals surface area contributed by atoms with E-state index < -0.39 is 0 Å². The maximum absolute atomic E-state index is 6.37. The van der Waals surface area contributed by atoms with Gasteiger partial charge in [0.2, 0.25) is 5.95 Å². The quantitative estimate of drug-likeness (QED) is 0.492. The Morgan fingerprint density at radius 3 is 2.64 bits per heavy atom. The average molecular weight is 433 g/mol. The van der Waals surface area contributed by atoms with Crippen molar-refractivity contribution in [3.63, 3.8) is 0 Å². The lowest BCUT2D eigenvalue weighted by Crippen LogP contribution is -2.47. The van der Waals surface area contributed by atoms with Crippen molar-refractivity contribution in [2.75, 3.05) is 18.0 Å². The summed E-state index contributed by atoms with van der Waals surface area (Å²) in [5, 5.41) is 1.13. The van der Waals surface area contributed by atoms with Crippen molar-refractivity contribution in [3.8, 4) is 0 Å². The standard InChI is InChI=1S/C21H22Cl2N4S/c1-14-11-21(12-14)5-8-26(9-6-21)20-25-13-17(19-24-7-10-27(19)20)28-16-4-2-3-15(22)18(16)23/h2-4,7,10,13-14H,5-6,8-9,11-12H2,1H3. The second-order valence-electron chi connectivity index (χ2n) is 8.20. The third-order valence-corrected chi connectivity index (χ3v) is 8.18. The predicted molar refractivity (Wildman–Crippen MR) is 116 cm³/mol. The van der Waals surface area contributed by atoms with Crippen LogP contribution >= 0.6 is 35.0 Å². The molecule has 7 heteroatoms. The molecule has 3 aromatic rings. The first-order valence-corrected chi connectivity index (χ1v) is 11.3. The summed E-state index contributed by atoms with van der Waals surface area (Å²) >= 11 is 14.1. The van der Waals surface area contributed by atoms with Gasteiger partial charge in [0.25, 0.3) is 0 Å². The summed E-state index contributed by atoms with van der Waals surface area (Å²) in [6.07, 6.45) is 11.1. The van der Waals surface area contributed by atoms with Gasteiger partial charge in [-0.15, -0.1) is 0 Å². The highest BCUT2D eigenvalue weighted by molar-refractivity contribution is 7.99. The van der Waals surface area contributed by atoms with Crippen LogP contribution in [-0.2, 0) is 0 Å². The molecule has 4 nitrogen and oxygen atoms in total. The van der Waals surface area contributed by atoms with Crippen LogP contribution in [0.15, 0.2) is 46.6 Å². The molecule has 0 unspecified atom stereocenters. The van der Waals surface area contributed by atoms with Gasteiger partial charge in [-0.3, -0.25) is 4.40 Å². The van der Waals surface area contributed by atoms with Gasteiger partial charge < -0.3 is 4.90 Å². The third-order valence-electron chi connectivity index (χ3n) is 6.18. The Labute approximate surface area is 179 Å². The van der Waals surface area contributed by atoms with Crippen LogP contribution in [0.4, 0.5) is 5.95 Å². The Hall–Kier alpha value is -1.43. The van der Waals surface area contributed by atoms with E-state index in [1.807, 2.05) is 30.7 Å². The highest BCUT2D eigenvalue weighted by Gasteiger charge is 2.44. The highest BCUT2D eigenvalue weighted by Crippen LogP contribution is 2.52. The Morgan fingerprint density at radius 1 is 1.11 bits per heavy atom. The third kappa shape index (κ3) is 3.17. The molecule has 1 aromatic carbocycles. The molecule has 28 heavy (non-hydrogen) atoms. The maximum atomic E-state index is 6.37. The van der Waals surface area contributed by atoms with E-state index in [2.05, 4.69) is 21.2 Å². The molecule has 146 valence electrons. The fraction of sp³-hybridized carbons (Fsp3) is 0.429. The van der Waals surface area contributed by atoms with Gasteiger partial charge >= 0.3 is 0 Å². The number of fused-ring (bicyclic) bond motifs is 1. The minimum atomic E-state index is 0.558. The molecule has 0 bridgehead atoms. The number of hydrogen-bond acceptors (Lipinski definition) is 4. The molecule has 1 saturated carbocycles. The summed E-state index contributed by atoms with van der Waals surface area (Å²) < 4.78 is 2.10. The number of halogens is 2. The lowest BCUT2D eigenvalue weighted by atomic mass is 9.58. The molecule has 0 radical (unpaired) electrons. The van der Waals surface area contributed by atoms with Gasteiger partial charge in [-0.25, -0.2) is 9.97 Å². The number of aromatic nitrogens is 3. The normalized spacial score (nSPS) is 19.3. The van der Waals surface area contributed by atoms with E-state index in [4.69, 9.17) is 28.2 Å². The van der Waals surface area contributed by atoms with Crippen LogP contribution in [0, 0.1) is 11.3 Å². The summed E-state index contributed by atoms with van der Waals surface area (Å²) in [6, 6.07) is 5.67. The number of hydrogen-bond donors (Lipinski definition) is 0. The number of benzene rings is 1. The highest BCUT2D eigenvalue weighted by atomic mass is 35.5. The van der Waals surface area contributed by atoms with Crippen LogP contribution < -0.4 is 4.90 Å². The second-order valence-corrected chi connectivity index (χ2v) is 10.1. The number of piperidine rings is 1. The zero-order chi connectivity index (χ0) is 19.3. The maximum Gasteiger partial charge on any atom is 0.211 e. The zero-order valence-corrected chi connectivity index (χ0v) is 18.1. The molecule has 1 saturated heterocycles. The lowest BCUT2D eigenvalue weighted by Gasteiger charge is -2.51. The van der Waals surface area contributed by atoms with Gasteiger partial charge in [0.15, 0.2) is 5.65 Å². The number of rotatable bonds is 3. The van der Waals surface area contributed by atoms with Crippen molar-refractivity contribution >= 4 is 46.6 Å². The Kier molecular flexibility index (Phi) is 4.73. The van der Waals surface area contributed by atoms with Crippen LogP contribution in [0.2, 0.25) is 10.0 Å². The fourth-order valence-electron chi connectivity index (χ4n) is 4.88. The molecule has 1 aliphatic heterocycles. The Morgan fingerprint density at radius 2 is 1.89 bits per heavy atom. The summed E-state index contributed by atoms with van der Waals surface area (Å²) in [6.45, 7) is 4.51.